The third-order valence-electron chi connectivity index (χ3n) is 6.90. The number of carbonyl (C=O) groups excluding carboxylic acids is 3. The molecule has 3 aliphatic rings. The monoisotopic (exact) mass is 397 g/mol. The van der Waals surface area contributed by atoms with E-state index in [9.17, 15) is 14.4 Å². The highest BCUT2D eigenvalue weighted by atomic mass is 16.2. The number of nitrogens with zero attached hydrogens (tertiary/aromatic N) is 2. The zero-order valence-corrected chi connectivity index (χ0v) is 17.2. The second-order valence-electron chi connectivity index (χ2n) is 8.70. The van der Waals surface area contributed by atoms with Crippen molar-refractivity contribution in [2.45, 2.75) is 56.9 Å². The van der Waals surface area contributed by atoms with Crippen LogP contribution in [0.2, 0.25) is 0 Å². The first-order valence-corrected chi connectivity index (χ1v) is 10.9. The van der Waals surface area contributed by atoms with E-state index in [1.165, 1.54) is 0 Å². The molecule has 0 aromatic heterocycles. The maximum Gasteiger partial charge on any atom is 0.233 e. The van der Waals surface area contributed by atoms with Crippen LogP contribution >= 0.6 is 0 Å². The van der Waals surface area contributed by atoms with Gasteiger partial charge in [0, 0.05) is 39.1 Å². The number of amides is 3. The minimum Gasteiger partial charge on any atom is -0.354 e. The lowest BCUT2D eigenvalue weighted by atomic mass is 9.94. The standard InChI is InChI=1S/C23H31N3O3/c1-17(27)26-15-6-14-25(16-13-24-21(28)19-9-5-10-20(19)26)22(29)23(11-12-23)18-7-3-2-4-8-18/h2-4,7-8,19-20H,5-6,9-16H2,1H3,(H,24,28). The van der Waals surface area contributed by atoms with Gasteiger partial charge in [-0.1, -0.05) is 36.8 Å². The Morgan fingerprint density at radius 1 is 1.03 bits per heavy atom. The van der Waals surface area contributed by atoms with Gasteiger partial charge in [-0.15, -0.1) is 0 Å². The van der Waals surface area contributed by atoms with Gasteiger partial charge in [0.05, 0.1) is 11.3 Å². The van der Waals surface area contributed by atoms with Gasteiger partial charge < -0.3 is 15.1 Å². The summed E-state index contributed by atoms with van der Waals surface area (Å²) in [6.07, 6.45) is 5.20. The molecular weight excluding hydrogens is 366 g/mol. The van der Waals surface area contributed by atoms with Gasteiger partial charge >= 0.3 is 0 Å². The molecule has 2 aliphatic carbocycles. The van der Waals surface area contributed by atoms with Crippen molar-refractivity contribution < 1.29 is 14.4 Å². The van der Waals surface area contributed by atoms with Crippen molar-refractivity contribution in [2.75, 3.05) is 26.2 Å². The highest BCUT2D eigenvalue weighted by Gasteiger charge is 2.52. The number of hydrogen-bond acceptors (Lipinski definition) is 3. The Morgan fingerprint density at radius 2 is 1.79 bits per heavy atom. The second-order valence-corrected chi connectivity index (χ2v) is 8.70. The number of fused-ring (bicyclic) bond motifs is 1. The minimum atomic E-state index is -0.401. The van der Waals surface area contributed by atoms with Crippen LogP contribution in [0.25, 0.3) is 0 Å². The highest BCUT2D eigenvalue weighted by molar-refractivity contribution is 5.91. The number of benzene rings is 1. The van der Waals surface area contributed by atoms with Crippen LogP contribution in [0.3, 0.4) is 0 Å². The van der Waals surface area contributed by atoms with E-state index in [4.69, 9.17) is 0 Å². The number of hydrogen-bond donors (Lipinski definition) is 1. The van der Waals surface area contributed by atoms with Crippen LogP contribution < -0.4 is 5.32 Å². The van der Waals surface area contributed by atoms with E-state index in [0.29, 0.717) is 26.2 Å². The average molecular weight is 398 g/mol. The third kappa shape index (κ3) is 3.89. The van der Waals surface area contributed by atoms with Crippen molar-refractivity contribution in [2.24, 2.45) is 5.92 Å². The number of nitrogens with one attached hydrogen (secondary N) is 1. The molecule has 1 aromatic rings. The molecule has 0 spiro atoms. The molecule has 3 fully saturated rings. The van der Waals surface area contributed by atoms with Crippen molar-refractivity contribution in [1.82, 2.24) is 15.1 Å². The minimum absolute atomic E-state index is 0.00570. The van der Waals surface area contributed by atoms with E-state index in [1.54, 1.807) is 6.92 Å². The van der Waals surface area contributed by atoms with Crippen LogP contribution in [-0.4, -0.2) is 59.7 Å². The molecule has 156 valence electrons. The molecule has 2 unspecified atom stereocenters. The molecule has 1 saturated heterocycles. The predicted octanol–water partition coefficient (Wildman–Crippen LogP) is 2.08. The number of carbonyl (C=O) groups is 3. The zero-order valence-electron chi connectivity index (χ0n) is 17.2. The number of rotatable bonds is 2. The van der Waals surface area contributed by atoms with Gasteiger partial charge in [0.2, 0.25) is 17.7 Å². The third-order valence-corrected chi connectivity index (χ3v) is 6.90. The molecule has 6 heteroatoms. The quantitative estimate of drug-likeness (QED) is 0.831. The Hall–Kier alpha value is -2.37. The molecule has 4 rings (SSSR count). The summed E-state index contributed by atoms with van der Waals surface area (Å²) >= 11 is 0. The summed E-state index contributed by atoms with van der Waals surface area (Å²) in [5.41, 5.74) is 0.686. The smallest absolute Gasteiger partial charge is 0.233 e. The first-order chi connectivity index (χ1) is 14.0. The molecule has 0 radical (unpaired) electrons. The average Bonchev–Trinajstić information content (AvgIpc) is 3.40. The lowest BCUT2D eigenvalue weighted by molar-refractivity contribution is -0.135. The Bertz CT molecular complexity index is 775. The van der Waals surface area contributed by atoms with E-state index in [2.05, 4.69) is 5.32 Å². The summed E-state index contributed by atoms with van der Waals surface area (Å²) in [5.74, 6) is 0.0824. The summed E-state index contributed by atoms with van der Waals surface area (Å²) < 4.78 is 0. The second kappa shape index (κ2) is 8.17. The van der Waals surface area contributed by atoms with Crippen molar-refractivity contribution in [1.29, 1.82) is 0 Å². The highest BCUT2D eigenvalue weighted by Crippen LogP contribution is 2.49. The Balaban J connectivity index is 1.51. The summed E-state index contributed by atoms with van der Waals surface area (Å²) in [6, 6.07) is 10.0. The van der Waals surface area contributed by atoms with Crippen LogP contribution in [-0.2, 0) is 19.8 Å². The first kappa shape index (κ1) is 19.9. The molecule has 3 amide bonds. The Kier molecular flexibility index (Phi) is 5.61. The van der Waals surface area contributed by atoms with E-state index in [-0.39, 0.29) is 29.7 Å². The maximum atomic E-state index is 13.5. The van der Waals surface area contributed by atoms with E-state index >= 15 is 0 Å². The molecule has 2 saturated carbocycles. The van der Waals surface area contributed by atoms with Gasteiger partial charge in [0.25, 0.3) is 0 Å². The lowest BCUT2D eigenvalue weighted by Crippen LogP contribution is -2.46. The summed E-state index contributed by atoms with van der Waals surface area (Å²) in [4.78, 5) is 42.3. The molecular formula is C23H31N3O3. The van der Waals surface area contributed by atoms with Gasteiger partial charge in [-0.3, -0.25) is 14.4 Å². The Labute approximate surface area is 172 Å². The molecule has 1 aromatic carbocycles. The van der Waals surface area contributed by atoms with Crippen molar-refractivity contribution in [3.63, 3.8) is 0 Å². The van der Waals surface area contributed by atoms with Crippen LogP contribution in [0.1, 0.15) is 51.0 Å². The van der Waals surface area contributed by atoms with E-state index in [0.717, 1.165) is 44.1 Å². The lowest BCUT2D eigenvalue weighted by Gasteiger charge is -2.32. The van der Waals surface area contributed by atoms with Crippen LogP contribution in [0.4, 0.5) is 0 Å². The topological polar surface area (TPSA) is 69.7 Å². The van der Waals surface area contributed by atoms with Crippen molar-refractivity contribution >= 4 is 17.7 Å². The van der Waals surface area contributed by atoms with Crippen LogP contribution in [0.15, 0.2) is 30.3 Å². The van der Waals surface area contributed by atoms with E-state index < -0.39 is 5.41 Å². The molecule has 1 heterocycles. The van der Waals surface area contributed by atoms with E-state index in [1.807, 2.05) is 40.1 Å². The molecule has 2 atom stereocenters. The fraction of sp³-hybridized carbons (Fsp3) is 0.609. The molecule has 6 nitrogen and oxygen atoms in total. The van der Waals surface area contributed by atoms with Crippen LogP contribution in [0, 0.1) is 5.92 Å². The SMILES string of the molecule is CC(=O)N1CCCN(C(=O)C2(c3ccccc3)CC2)CCNC(=O)C2CCCC21. The van der Waals surface area contributed by atoms with Gasteiger partial charge in [0.15, 0.2) is 0 Å². The van der Waals surface area contributed by atoms with Gasteiger partial charge in [-0.05, 0) is 37.7 Å². The van der Waals surface area contributed by atoms with Gasteiger partial charge in [-0.2, -0.15) is 0 Å². The summed E-state index contributed by atoms with van der Waals surface area (Å²) in [7, 11) is 0. The van der Waals surface area contributed by atoms with Crippen molar-refractivity contribution in [3.8, 4) is 0 Å². The normalized spacial score (nSPS) is 26.9. The van der Waals surface area contributed by atoms with Gasteiger partial charge in [-0.25, -0.2) is 0 Å². The summed E-state index contributed by atoms with van der Waals surface area (Å²) in [6.45, 7) is 3.80. The maximum absolute atomic E-state index is 13.5. The first-order valence-electron chi connectivity index (χ1n) is 10.9. The summed E-state index contributed by atoms with van der Waals surface area (Å²) in [5, 5.41) is 3.04. The molecule has 0 bridgehead atoms. The Morgan fingerprint density at radius 3 is 2.48 bits per heavy atom. The molecule has 1 N–H and O–H groups in total. The van der Waals surface area contributed by atoms with Crippen molar-refractivity contribution in [3.05, 3.63) is 35.9 Å². The van der Waals surface area contributed by atoms with Gasteiger partial charge in [0.1, 0.15) is 0 Å². The fourth-order valence-electron chi connectivity index (χ4n) is 5.18. The van der Waals surface area contributed by atoms with Crippen LogP contribution in [0.5, 0.6) is 0 Å². The fourth-order valence-corrected chi connectivity index (χ4v) is 5.18. The largest absolute Gasteiger partial charge is 0.354 e. The predicted molar refractivity (Wildman–Crippen MR) is 110 cm³/mol. The molecule has 29 heavy (non-hydrogen) atoms. The molecule has 1 aliphatic heterocycles. The zero-order chi connectivity index (χ0) is 20.4.